The Morgan fingerprint density at radius 1 is 0.634 bits per heavy atom. The molecule has 0 heterocycles. The van der Waals surface area contributed by atoms with Crippen molar-refractivity contribution in [3.63, 3.8) is 0 Å². The van der Waals surface area contributed by atoms with Gasteiger partial charge in [0.1, 0.15) is 28.6 Å². The van der Waals surface area contributed by atoms with Crippen LogP contribution in [0.3, 0.4) is 0 Å². The molecule has 0 aliphatic heterocycles. The van der Waals surface area contributed by atoms with Crippen LogP contribution < -0.4 is 18.9 Å². The van der Waals surface area contributed by atoms with Crippen LogP contribution >= 0.6 is 0 Å². The molecule has 6 nitrogen and oxygen atoms in total. The van der Waals surface area contributed by atoms with E-state index in [4.69, 9.17) is 18.9 Å². The molecule has 1 atom stereocenters. The summed E-state index contributed by atoms with van der Waals surface area (Å²) in [6.07, 6.45) is 15.4. The van der Waals surface area contributed by atoms with Gasteiger partial charge in [0.25, 0.3) is 0 Å². The van der Waals surface area contributed by atoms with Gasteiger partial charge >= 0.3 is 11.9 Å². The summed E-state index contributed by atoms with van der Waals surface area (Å²) in [7, 11) is 0. The fraction of sp³-hybridized carbons (Fsp3) is 0.600. The highest BCUT2D eigenvalue weighted by molar-refractivity contribution is 5.95. The van der Waals surface area contributed by atoms with Gasteiger partial charge in [0, 0.05) is 12.5 Å². The summed E-state index contributed by atoms with van der Waals surface area (Å²) >= 11 is 0. The van der Waals surface area contributed by atoms with Gasteiger partial charge in [-0.15, -0.1) is 0 Å². The van der Waals surface area contributed by atoms with E-state index in [9.17, 15) is 9.59 Å². The number of benzene rings is 2. The fourth-order valence-corrected chi connectivity index (χ4v) is 4.35. The van der Waals surface area contributed by atoms with Crippen LogP contribution in [0.2, 0.25) is 0 Å². The van der Waals surface area contributed by atoms with Gasteiger partial charge in [-0.05, 0) is 55.2 Å². The van der Waals surface area contributed by atoms with E-state index in [0.717, 1.165) is 31.4 Å². The van der Waals surface area contributed by atoms with Crippen LogP contribution in [0.15, 0.2) is 42.5 Å². The minimum absolute atomic E-state index is 0.155. The first-order chi connectivity index (χ1) is 20.0. The van der Waals surface area contributed by atoms with Crippen LogP contribution in [0.1, 0.15) is 128 Å². The topological polar surface area (TPSA) is 71.1 Å². The summed E-state index contributed by atoms with van der Waals surface area (Å²) in [4.78, 5) is 25.7. The number of esters is 2. The molecule has 0 aromatic heterocycles. The Morgan fingerprint density at radius 3 is 1.73 bits per heavy atom. The number of hydrogen-bond donors (Lipinski definition) is 0. The van der Waals surface area contributed by atoms with Crippen molar-refractivity contribution in [2.45, 2.75) is 118 Å². The summed E-state index contributed by atoms with van der Waals surface area (Å²) in [6.45, 7) is 9.70. The van der Waals surface area contributed by atoms with Crippen LogP contribution in [0.25, 0.3) is 0 Å². The largest absolute Gasteiger partial charge is 0.494 e. The predicted molar refractivity (Wildman–Crippen MR) is 165 cm³/mol. The zero-order valence-electron chi connectivity index (χ0n) is 25.9. The summed E-state index contributed by atoms with van der Waals surface area (Å²) in [5.74, 6) is 1.06. The molecule has 0 aliphatic rings. The van der Waals surface area contributed by atoms with Gasteiger partial charge in [-0.1, -0.05) is 98.3 Å². The summed E-state index contributed by atoms with van der Waals surface area (Å²) in [6, 6.07) is 11.9. The second-order valence-electron chi connectivity index (χ2n) is 10.9. The molecule has 0 bridgehead atoms. The Morgan fingerprint density at radius 2 is 1.15 bits per heavy atom. The predicted octanol–water partition coefficient (Wildman–Crippen LogP) is 9.73. The SMILES string of the molecule is CCCCCCCCOc1ccc(OC(=O)c2ccc(OCCCCCCCC)cc2OC(=O)C[C@@H](C)CC)cc1. The molecule has 0 saturated heterocycles. The number of hydrogen-bond acceptors (Lipinski definition) is 6. The Labute approximate surface area is 248 Å². The van der Waals surface area contributed by atoms with Crippen LogP contribution in [-0.4, -0.2) is 25.2 Å². The molecule has 0 fully saturated rings. The molecule has 0 aliphatic carbocycles. The quantitative estimate of drug-likeness (QED) is 0.0800. The Kier molecular flexibility index (Phi) is 17.3. The smallest absolute Gasteiger partial charge is 0.347 e. The first-order valence-corrected chi connectivity index (χ1v) is 15.9. The van der Waals surface area contributed by atoms with E-state index < -0.39 is 5.97 Å². The number of carbonyl (C=O) groups is 2. The van der Waals surface area contributed by atoms with Crippen molar-refractivity contribution in [1.29, 1.82) is 0 Å². The monoisotopic (exact) mass is 568 g/mol. The third-order valence-electron chi connectivity index (χ3n) is 7.18. The minimum atomic E-state index is -0.598. The van der Waals surface area contributed by atoms with Gasteiger partial charge in [-0.25, -0.2) is 4.79 Å². The van der Waals surface area contributed by atoms with E-state index in [1.807, 2.05) is 13.8 Å². The van der Waals surface area contributed by atoms with Gasteiger partial charge in [0.2, 0.25) is 0 Å². The van der Waals surface area contributed by atoms with E-state index in [1.165, 1.54) is 57.8 Å². The van der Waals surface area contributed by atoms with Crippen molar-refractivity contribution >= 4 is 11.9 Å². The zero-order chi connectivity index (χ0) is 29.7. The highest BCUT2D eigenvalue weighted by Gasteiger charge is 2.20. The molecule has 2 aromatic carbocycles. The minimum Gasteiger partial charge on any atom is -0.494 e. The second-order valence-corrected chi connectivity index (χ2v) is 10.9. The van der Waals surface area contributed by atoms with Gasteiger partial charge in [-0.2, -0.15) is 0 Å². The first kappa shape index (κ1) is 34.2. The van der Waals surface area contributed by atoms with Crippen molar-refractivity contribution < 1.29 is 28.5 Å². The summed E-state index contributed by atoms with van der Waals surface area (Å²) in [5, 5.41) is 0. The molecule has 41 heavy (non-hydrogen) atoms. The lowest BCUT2D eigenvalue weighted by molar-refractivity contribution is -0.135. The lowest BCUT2D eigenvalue weighted by Gasteiger charge is -2.14. The molecule has 2 rings (SSSR count). The maximum Gasteiger partial charge on any atom is 0.347 e. The lowest BCUT2D eigenvalue weighted by atomic mass is 10.1. The first-order valence-electron chi connectivity index (χ1n) is 15.9. The van der Waals surface area contributed by atoms with Crippen molar-refractivity contribution in [2.75, 3.05) is 13.2 Å². The van der Waals surface area contributed by atoms with Crippen molar-refractivity contribution in [3.8, 4) is 23.0 Å². The zero-order valence-corrected chi connectivity index (χ0v) is 25.9. The highest BCUT2D eigenvalue weighted by atomic mass is 16.6. The van der Waals surface area contributed by atoms with E-state index >= 15 is 0 Å². The summed E-state index contributed by atoms with van der Waals surface area (Å²) < 4.78 is 23.0. The van der Waals surface area contributed by atoms with E-state index in [1.54, 1.807) is 42.5 Å². The van der Waals surface area contributed by atoms with E-state index in [-0.39, 0.29) is 29.6 Å². The second kappa shape index (κ2) is 20.8. The van der Waals surface area contributed by atoms with Crippen molar-refractivity contribution in [1.82, 2.24) is 0 Å². The average molecular weight is 569 g/mol. The Balaban J connectivity index is 1.97. The maximum absolute atomic E-state index is 13.1. The number of rotatable bonds is 22. The number of carbonyl (C=O) groups excluding carboxylic acids is 2. The lowest BCUT2D eigenvalue weighted by Crippen LogP contribution is -2.16. The average Bonchev–Trinajstić information content (AvgIpc) is 2.97. The molecule has 0 N–H and O–H groups in total. The third kappa shape index (κ3) is 14.4. The Hall–Kier alpha value is -3.02. The number of unbranched alkanes of at least 4 members (excludes halogenated alkanes) is 10. The molecule has 0 unspecified atom stereocenters. The molecule has 6 heteroatoms. The normalized spacial score (nSPS) is 11.6. The van der Waals surface area contributed by atoms with Crippen molar-refractivity contribution in [2.24, 2.45) is 5.92 Å². The van der Waals surface area contributed by atoms with Crippen LogP contribution in [0.5, 0.6) is 23.0 Å². The van der Waals surface area contributed by atoms with Gasteiger partial charge in [0.05, 0.1) is 13.2 Å². The molecule has 228 valence electrons. The van der Waals surface area contributed by atoms with Crippen molar-refractivity contribution in [3.05, 3.63) is 48.0 Å². The summed E-state index contributed by atoms with van der Waals surface area (Å²) in [5.41, 5.74) is 0.179. The molecular weight excluding hydrogens is 516 g/mol. The molecule has 2 aromatic rings. The van der Waals surface area contributed by atoms with E-state index in [0.29, 0.717) is 24.7 Å². The van der Waals surface area contributed by atoms with Crippen LogP contribution in [0, 0.1) is 5.92 Å². The van der Waals surface area contributed by atoms with Crippen LogP contribution in [0.4, 0.5) is 0 Å². The standard InChI is InChI=1S/C35H52O6/c1-5-8-10-12-14-16-24-38-29-18-20-30(21-19-29)40-35(37)32-23-22-31(39-25-17-15-13-11-9-6-2)27-33(32)41-34(36)26-28(4)7-3/h18-23,27-28H,5-17,24-26H2,1-4H3/t28-/m0/s1. The fourth-order valence-electron chi connectivity index (χ4n) is 4.35. The van der Waals surface area contributed by atoms with Gasteiger partial charge < -0.3 is 18.9 Å². The number of ether oxygens (including phenoxy) is 4. The van der Waals surface area contributed by atoms with Gasteiger partial charge in [0.15, 0.2) is 0 Å². The highest BCUT2D eigenvalue weighted by Crippen LogP contribution is 2.28. The van der Waals surface area contributed by atoms with Crippen LogP contribution in [-0.2, 0) is 4.79 Å². The van der Waals surface area contributed by atoms with Gasteiger partial charge in [-0.3, -0.25) is 4.79 Å². The molecule has 0 radical (unpaired) electrons. The maximum atomic E-state index is 13.1. The molecule has 0 spiro atoms. The van der Waals surface area contributed by atoms with E-state index in [2.05, 4.69) is 13.8 Å². The molecule has 0 saturated carbocycles. The Bertz CT molecular complexity index is 1000. The molecular formula is C35H52O6. The molecule has 0 amide bonds. The third-order valence-corrected chi connectivity index (χ3v) is 7.18.